The number of nitrogens with two attached hydrogens (primary N) is 2. The zero-order valence-corrected chi connectivity index (χ0v) is 11.5. The molecule has 1 aromatic carbocycles. The number of nitrogens with one attached hydrogen (secondary N) is 1. The Morgan fingerprint density at radius 3 is 2.42 bits per heavy atom. The number of aromatic nitrogens is 2. The first-order valence-electron chi connectivity index (χ1n) is 5.70. The molecule has 0 saturated carbocycles. The van der Waals surface area contributed by atoms with Gasteiger partial charge in [0.15, 0.2) is 5.69 Å². The van der Waals surface area contributed by atoms with Crippen molar-refractivity contribution in [3.05, 3.63) is 41.7 Å². The van der Waals surface area contributed by atoms with E-state index < -0.39 is 10.0 Å². The molecule has 0 aliphatic heterocycles. The summed E-state index contributed by atoms with van der Waals surface area (Å²) in [4.78, 5) is 7.25. The number of nitrogen functional groups attached to an aromatic ring is 1. The van der Waals surface area contributed by atoms with Crippen LogP contribution in [-0.4, -0.2) is 13.4 Å². The van der Waals surface area contributed by atoms with Crippen molar-refractivity contribution < 1.29 is 18.1 Å². The largest absolute Gasteiger partial charge is 0.507 e. The van der Waals surface area contributed by atoms with E-state index in [1.54, 1.807) is 12.1 Å². The van der Waals surface area contributed by atoms with Gasteiger partial charge in [0.25, 0.3) is 0 Å². The number of quaternary nitrogens is 1. The van der Waals surface area contributed by atoms with E-state index in [9.17, 15) is 8.42 Å². The van der Waals surface area contributed by atoms with E-state index in [2.05, 4.69) is 9.97 Å². The highest BCUT2D eigenvalue weighted by molar-refractivity contribution is 7.84. The summed E-state index contributed by atoms with van der Waals surface area (Å²) in [5.74, 6) is 0.314. The average molecular weight is 280 g/mol. The second kappa shape index (κ2) is 4.94. The van der Waals surface area contributed by atoms with Gasteiger partial charge in [-0.25, -0.2) is 0 Å². The van der Waals surface area contributed by atoms with Crippen LogP contribution in [0.15, 0.2) is 35.2 Å². The number of primary sulfonamides is 1. The molecule has 5 N–H and O–H groups in total. The number of aryl methyl sites for hydroxylation is 2. The molecule has 0 unspecified atom stereocenters. The number of anilines is 1. The topological polar surface area (TPSA) is 104 Å². The molecule has 0 atom stereocenters. The Bertz CT molecular complexity index is 676. The number of nitrogens with zero attached hydrogens (tertiary/aromatic N) is 1. The molecule has 0 aliphatic carbocycles. The van der Waals surface area contributed by atoms with Gasteiger partial charge in [0.05, 0.1) is 0 Å². The zero-order valence-electron chi connectivity index (χ0n) is 10.7. The van der Waals surface area contributed by atoms with Crippen LogP contribution >= 0.6 is 0 Å². The van der Waals surface area contributed by atoms with Crippen LogP contribution in [0.5, 0.6) is 0 Å². The van der Waals surface area contributed by atoms with E-state index in [1.807, 2.05) is 19.9 Å². The molecule has 7 heteroatoms. The molecule has 100 valence electrons. The van der Waals surface area contributed by atoms with Gasteiger partial charge in [0, 0.05) is 23.7 Å². The van der Waals surface area contributed by atoms with Crippen LogP contribution in [0.2, 0.25) is 0 Å². The molecule has 19 heavy (non-hydrogen) atoms. The zero-order chi connectivity index (χ0) is 14.0. The lowest BCUT2D eigenvalue weighted by Gasteiger charge is -1.99. The highest BCUT2D eigenvalue weighted by Gasteiger charge is 2.25. The molecule has 2 rings (SSSR count). The van der Waals surface area contributed by atoms with Gasteiger partial charge in [-0.3, -0.25) is 0 Å². The quantitative estimate of drug-likeness (QED) is 0.752. The van der Waals surface area contributed by atoms with Crippen LogP contribution in [0.4, 0.5) is 11.6 Å². The molecule has 0 amide bonds. The lowest BCUT2D eigenvalue weighted by molar-refractivity contribution is -0.547. The molecule has 0 fully saturated rings. The van der Waals surface area contributed by atoms with Crippen molar-refractivity contribution in [2.45, 2.75) is 18.7 Å². The Morgan fingerprint density at radius 2 is 1.84 bits per heavy atom. The van der Waals surface area contributed by atoms with Crippen LogP contribution in [0.1, 0.15) is 11.4 Å². The fourth-order valence-corrected chi connectivity index (χ4v) is 2.79. The summed E-state index contributed by atoms with van der Waals surface area (Å²) in [6, 6.07) is 7.90. The smallest absolute Gasteiger partial charge is 0.399 e. The number of sulfonamides is 1. The lowest BCUT2D eigenvalue weighted by Crippen LogP contribution is -2.84. The SMILES string of the molecule is Cc1cc(C)[nH+]c([NH2+]S(=O)(=O)c2ccc(N)cc2)n1. The molecule has 1 heterocycles. The molecule has 0 spiro atoms. The van der Waals surface area contributed by atoms with Crippen LogP contribution in [-0.2, 0) is 10.0 Å². The summed E-state index contributed by atoms with van der Waals surface area (Å²) in [5, 5.41) is 0. The van der Waals surface area contributed by atoms with Gasteiger partial charge in [-0.05, 0) is 31.2 Å². The van der Waals surface area contributed by atoms with Crippen molar-refractivity contribution in [2.24, 2.45) is 0 Å². The molecule has 0 radical (unpaired) electrons. The number of benzene rings is 1. The molecule has 2 aromatic rings. The standard InChI is InChI=1S/C12H14N4O2S/c1-8-7-9(2)15-12(14-8)16-19(17,18)11-5-3-10(13)4-6-11/h3-7H,13H2,1-2H3,(H,14,15,16)/p+2. The number of rotatable bonds is 3. The molecule has 0 aliphatic rings. The number of aromatic amines is 1. The predicted octanol–water partition coefficient (Wildman–Crippen LogP) is -0.321. The van der Waals surface area contributed by atoms with Gasteiger partial charge in [0.1, 0.15) is 10.6 Å². The first kappa shape index (κ1) is 13.4. The Labute approximate surface area is 111 Å². The minimum Gasteiger partial charge on any atom is -0.399 e. The monoisotopic (exact) mass is 280 g/mol. The first-order chi connectivity index (χ1) is 8.87. The number of hydrogen-bond donors (Lipinski definition) is 2. The molecule has 0 saturated heterocycles. The van der Waals surface area contributed by atoms with Gasteiger partial charge in [0.2, 0.25) is 0 Å². The van der Waals surface area contributed by atoms with E-state index in [0.717, 1.165) is 16.1 Å². The maximum absolute atomic E-state index is 12.2. The normalized spacial score (nSPS) is 11.5. The van der Waals surface area contributed by atoms with Gasteiger partial charge >= 0.3 is 16.0 Å². The highest BCUT2D eigenvalue weighted by atomic mass is 32.2. The molecular weight excluding hydrogens is 264 g/mol. The third kappa shape index (κ3) is 3.27. The summed E-state index contributed by atoms with van der Waals surface area (Å²) in [6.07, 6.45) is 0. The average Bonchev–Trinajstić information content (AvgIpc) is 2.27. The third-order valence-corrected chi connectivity index (χ3v) is 3.99. The Kier molecular flexibility index (Phi) is 3.50. The molecule has 1 aromatic heterocycles. The molecule has 6 nitrogen and oxygen atoms in total. The van der Waals surface area contributed by atoms with Crippen molar-refractivity contribution in [1.29, 1.82) is 0 Å². The minimum atomic E-state index is -3.54. The molecule has 0 bridgehead atoms. The van der Waals surface area contributed by atoms with Crippen molar-refractivity contribution in [3.63, 3.8) is 0 Å². The van der Waals surface area contributed by atoms with Crippen molar-refractivity contribution in [1.82, 2.24) is 4.98 Å². The van der Waals surface area contributed by atoms with Crippen molar-refractivity contribution in [3.8, 4) is 0 Å². The van der Waals surface area contributed by atoms with Gasteiger partial charge in [-0.1, -0.05) is 0 Å². The summed E-state index contributed by atoms with van der Waals surface area (Å²) in [6.45, 7) is 3.66. The maximum atomic E-state index is 12.2. The maximum Gasteiger partial charge on any atom is 0.507 e. The van der Waals surface area contributed by atoms with E-state index >= 15 is 0 Å². The van der Waals surface area contributed by atoms with Gasteiger partial charge in [-0.2, -0.15) is 13.4 Å². The van der Waals surface area contributed by atoms with Crippen LogP contribution in [0.25, 0.3) is 0 Å². The third-order valence-electron chi connectivity index (χ3n) is 2.52. The number of H-pyrrole nitrogens is 1. The second-order valence-electron chi connectivity index (χ2n) is 4.32. The number of hydrogen-bond acceptors (Lipinski definition) is 4. The first-order valence-corrected chi connectivity index (χ1v) is 7.24. The second-order valence-corrected chi connectivity index (χ2v) is 6.12. The Hall–Kier alpha value is -1.99. The summed E-state index contributed by atoms with van der Waals surface area (Å²) in [7, 11) is -3.54. The van der Waals surface area contributed by atoms with E-state index in [4.69, 9.17) is 5.73 Å². The van der Waals surface area contributed by atoms with Gasteiger partial charge in [-0.15, -0.1) is 4.72 Å². The Balaban J connectivity index is 2.33. The summed E-state index contributed by atoms with van der Waals surface area (Å²) < 4.78 is 25.5. The fourth-order valence-electron chi connectivity index (χ4n) is 1.73. The van der Waals surface area contributed by atoms with Crippen LogP contribution in [0.3, 0.4) is 0 Å². The Morgan fingerprint density at radius 1 is 1.21 bits per heavy atom. The van der Waals surface area contributed by atoms with Gasteiger partial charge < -0.3 is 5.73 Å². The van der Waals surface area contributed by atoms with Crippen molar-refractivity contribution in [2.75, 3.05) is 5.73 Å². The fraction of sp³-hybridized carbons (Fsp3) is 0.167. The van der Waals surface area contributed by atoms with Crippen LogP contribution < -0.4 is 15.4 Å². The van der Waals surface area contributed by atoms with E-state index in [0.29, 0.717) is 11.6 Å². The summed E-state index contributed by atoms with van der Waals surface area (Å²) >= 11 is 0. The highest BCUT2D eigenvalue weighted by Crippen LogP contribution is 2.09. The van der Waals surface area contributed by atoms with E-state index in [-0.39, 0.29) is 4.90 Å². The molecular formula is C12H16N4O2S+2. The predicted molar refractivity (Wildman–Crippen MR) is 69.9 cm³/mol. The van der Waals surface area contributed by atoms with E-state index in [1.165, 1.54) is 12.1 Å². The summed E-state index contributed by atoms with van der Waals surface area (Å²) in [5.41, 5.74) is 7.67. The van der Waals surface area contributed by atoms with Crippen LogP contribution in [0, 0.1) is 13.8 Å². The minimum absolute atomic E-state index is 0.191. The lowest BCUT2D eigenvalue weighted by atomic mass is 10.3. The van der Waals surface area contributed by atoms with Crippen molar-refractivity contribution >= 4 is 21.7 Å².